The number of nitrogens with zero attached hydrogens (tertiary/aromatic N) is 2. The number of aromatic nitrogens is 2. The molecular weight excluding hydrogens is 244 g/mol. The lowest BCUT2D eigenvalue weighted by Crippen LogP contribution is -2.06. The van der Waals surface area contributed by atoms with Gasteiger partial charge in [-0.25, -0.2) is 4.98 Å². The molecule has 0 saturated carbocycles. The van der Waals surface area contributed by atoms with E-state index in [0.29, 0.717) is 0 Å². The predicted octanol–water partition coefficient (Wildman–Crippen LogP) is 3.28. The molecular formula is C13H18N4S. The van der Waals surface area contributed by atoms with Gasteiger partial charge in [0, 0.05) is 13.1 Å². The highest BCUT2D eigenvalue weighted by Crippen LogP contribution is 2.15. The molecule has 2 heterocycles. The first-order chi connectivity index (χ1) is 8.79. The summed E-state index contributed by atoms with van der Waals surface area (Å²) in [6.07, 6.45) is 4.57. The van der Waals surface area contributed by atoms with Gasteiger partial charge in [0.15, 0.2) is 0 Å². The van der Waals surface area contributed by atoms with Crippen LogP contribution in [0, 0.1) is 6.92 Å². The minimum Gasteiger partial charge on any atom is -0.369 e. The van der Waals surface area contributed by atoms with Crippen LogP contribution in [0.1, 0.15) is 24.5 Å². The molecule has 2 aromatic heterocycles. The maximum atomic E-state index is 4.46. The van der Waals surface area contributed by atoms with Gasteiger partial charge in [-0.3, -0.25) is 4.98 Å². The van der Waals surface area contributed by atoms with Crippen molar-refractivity contribution >= 4 is 23.0 Å². The topological polar surface area (TPSA) is 49.8 Å². The van der Waals surface area contributed by atoms with Gasteiger partial charge < -0.3 is 10.6 Å². The molecule has 0 bridgehead atoms. The molecule has 18 heavy (non-hydrogen) atoms. The van der Waals surface area contributed by atoms with Crippen molar-refractivity contribution in [3.05, 3.63) is 34.3 Å². The molecule has 0 aliphatic carbocycles. The second-order valence-corrected chi connectivity index (χ2v) is 4.89. The third-order valence-corrected chi connectivity index (χ3v) is 3.52. The van der Waals surface area contributed by atoms with Gasteiger partial charge in [-0.15, -0.1) is 0 Å². The Morgan fingerprint density at radius 3 is 2.61 bits per heavy atom. The molecule has 2 N–H and O–H groups in total. The predicted molar refractivity (Wildman–Crippen MR) is 77.2 cm³/mol. The molecule has 0 radical (unpaired) electrons. The van der Waals surface area contributed by atoms with E-state index in [1.165, 1.54) is 11.1 Å². The Bertz CT molecular complexity index is 495. The van der Waals surface area contributed by atoms with Crippen LogP contribution in [0.15, 0.2) is 23.2 Å². The third-order valence-electron chi connectivity index (χ3n) is 2.61. The number of hydrogen-bond acceptors (Lipinski definition) is 5. The second kappa shape index (κ2) is 6.35. The van der Waals surface area contributed by atoms with E-state index >= 15 is 0 Å². The Labute approximate surface area is 111 Å². The van der Waals surface area contributed by atoms with Crippen molar-refractivity contribution in [3.63, 3.8) is 0 Å². The highest BCUT2D eigenvalue weighted by molar-refractivity contribution is 7.08. The molecule has 0 saturated heterocycles. The number of aryl methyl sites for hydroxylation is 1. The van der Waals surface area contributed by atoms with Gasteiger partial charge in [-0.05, 0) is 35.2 Å². The lowest BCUT2D eigenvalue weighted by atomic mass is 10.2. The Hall–Kier alpha value is -1.62. The summed E-state index contributed by atoms with van der Waals surface area (Å²) in [5.74, 6) is 1.63. The zero-order valence-corrected chi connectivity index (χ0v) is 11.5. The van der Waals surface area contributed by atoms with Gasteiger partial charge >= 0.3 is 0 Å². The second-order valence-electron chi connectivity index (χ2n) is 4.15. The van der Waals surface area contributed by atoms with Crippen LogP contribution >= 0.6 is 11.3 Å². The van der Waals surface area contributed by atoms with Crippen molar-refractivity contribution in [1.29, 1.82) is 0 Å². The fourth-order valence-electron chi connectivity index (χ4n) is 1.54. The summed E-state index contributed by atoms with van der Waals surface area (Å²) >= 11 is 1.73. The Balaban J connectivity index is 1.95. The first kappa shape index (κ1) is 12.8. The maximum absolute atomic E-state index is 4.46. The standard InChI is InChI=1S/C13H18N4S/c1-3-4-15-12-6-14-7-13(17-12)16-5-11-9-18-8-10(11)2/h6-9H,3-5H2,1-2H3,(H2,15,16,17). The Morgan fingerprint density at radius 1 is 1.17 bits per heavy atom. The van der Waals surface area contributed by atoms with E-state index in [2.05, 4.69) is 45.2 Å². The normalized spacial score (nSPS) is 10.3. The quantitative estimate of drug-likeness (QED) is 0.839. The van der Waals surface area contributed by atoms with Gasteiger partial charge in [-0.2, -0.15) is 11.3 Å². The molecule has 4 nitrogen and oxygen atoms in total. The molecule has 5 heteroatoms. The van der Waals surface area contributed by atoms with Crippen LogP contribution < -0.4 is 10.6 Å². The highest BCUT2D eigenvalue weighted by atomic mass is 32.1. The fourth-order valence-corrected chi connectivity index (χ4v) is 2.40. The van der Waals surface area contributed by atoms with Gasteiger partial charge in [0.1, 0.15) is 11.6 Å². The number of anilines is 2. The SMILES string of the molecule is CCCNc1cncc(NCc2cscc2C)n1. The lowest BCUT2D eigenvalue weighted by Gasteiger charge is -2.07. The minimum atomic E-state index is 0.793. The van der Waals surface area contributed by atoms with Crippen molar-refractivity contribution in [3.8, 4) is 0 Å². The van der Waals surface area contributed by atoms with Crippen LogP contribution in [0.2, 0.25) is 0 Å². The van der Waals surface area contributed by atoms with Crippen molar-refractivity contribution in [2.75, 3.05) is 17.2 Å². The molecule has 96 valence electrons. The number of rotatable bonds is 6. The average molecular weight is 262 g/mol. The van der Waals surface area contributed by atoms with E-state index in [1.807, 2.05) is 0 Å². The van der Waals surface area contributed by atoms with Crippen molar-refractivity contribution in [1.82, 2.24) is 9.97 Å². The highest BCUT2D eigenvalue weighted by Gasteiger charge is 2.01. The summed E-state index contributed by atoms with van der Waals surface area (Å²) in [7, 11) is 0. The van der Waals surface area contributed by atoms with Gasteiger partial charge in [0.25, 0.3) is 0 Å². The van der Waals surface area contributed by atoms with E-state index in [4.69, 9.17) is 0 Å². The molecule has 0 spiro atoms. The van der Waals surface area contributed by atoms with Gasteiger partial charge in [0.05, 0.1) is 12.4 Å². The van der Waals surface area contributed by atoms with E-state index < -0.39 is 0 Å². The summed E-state index contributed by atoms with van der Waals surface area (Å²) in [5, 5.41) is 10.8. The molecule has 0 amide bonds. The van der Waals surface area contributed by atoms with Gasteiger partial charge in [0.2, 0.25) is 0 Å². The molecule has 0 atom stereocenters. The fraction of sp³-hybridized carbons (Fsp3) is 0.385. The summed E-state index contributed by atoms with van der Waals surface area (Å²) in [6.45, 7) is 5.96. The molecule has 0 aliphatic rings. The summed E-state index contributed by atoms with van der Waals surface area (Å²) in [5.41, 5.74) is 2.63. The maximum Gasteiger partial charge on any atom is 0.147 e. The smallest absolute Gasteiger partial charge is 0.147 e. The summed E-state index contributed by atoms with van der Waals surface area (Å²) in [6, 6.07) is 0. The average Bonchev–Trinajstić information content (AvgIpc) is 2.80. The van der Waals surface area contributed by atoms with Crippen LogP contribution in [0.25, 0.3) is 0 Å². The van der Waals surface area contributed by atoms with Crippen molar-refractivity contribution in [2.24, 2.45) is 0 Å². The zero-order valence-electron chi connectivity index (χ0n) is 10.7. The van der Waals surface area contributed by atoms with Crippen LogP contribution in [-0.2, 0) is 6.54 Å². The van der Waals surface area contributed by atoms with Gasteiger partial charge in [-0.1, -0.05) is 6.92 Å². The van der Waals surface area contributed by atoms with E-state index in [-0.39, 0.29) is 0 Å². The first-order valence-electron chi connectivity index (χ1n) is 6.11. The monoisotopic (exact) mass is 262 g/mol. The van der Waals surface area contributed by atoms with Crippen molar-refractivity contribution < 1.29 is 0 Å². The summed E-state index contributed by atoms with van der Waals surface area (Å²) < 4.78 is 0. The van der Waals surface area contributed by atoms with E-state index in [0.717, 1.165) is 31.1 Å². The minimum absolute atomic E-state index is 0.793. The van der Waals surface area contributed by atoms with Crippen LogP contribution in [0.4, 0.5) is 11.6 Å². The Kier molecular flexibility index (Phi) is 4.52. The molecule has 0 aromatic carbocycles. The Morgan fingerprint density at radius 2 is 1.94 bits per heavy atom. The largest absolute Gasteiger partial charge is 0.369 e. The third kappa shape index (κ3) is 3.43. The summed E-state index contributed by atoms with van der Waals surface area (Å²) in [4.78, 5) is 8.63. The molecule has 0 aliphatic heterocycles. The number of thiophene rings is 1. The number of nitrogens with one attached hydrogen (secondary N) is 2. The zero-order chi connectivity index (χ0) is 12.8. The number of hydrogen-bond donors (Lipinski definition) is 2. The molecule has 2 aromatic rings. The van der Waals surface area contributed by atoms with E-state index in [1.54, 1.807) is 23.7 Å². The van der Waals surface area contributed by atoms with Crippen LogP contribution in [0.5, 0.6) is 0 Å². The van der Waals surface area contributed by atoms with Crippen LogP contribution in [0.3, 0.4) is 0 Å². The van der Waals surface area contributed by atoms with Crippen LogP contribution in [-0.4, -0.2) is 16.5 Å². The molecule has 0 unspecified atom stereocenters. The first-order valence-corrected chi connectivity index (χ1v) is 7.05. The van der Waals surface area contributed by atoms with Crippen molar-refractivity contribution in [2.45, 2.75) is 26.8 Å². The lowest BCUT2D eigenvalue weighted by molar-refractivity contribution is 0.962. The van der Waals surface area contributed by atoms with E-state index in [9.17, 15) is 0 Å². The molecule has 0 fully saturated rings. The molecule has 2 rings (SSSR count).